The summed E-state index contributed by atoms with van der Waals surface area (Å²) in [5.41, 5.74) is 3.10. The summed E-state index contributed by atoms with van der Waals surface area (Å²) in [5.74, 6) is 3.11. The topological polar surface area (TPSA) is 53.5 Å². The van der Waals surface area contributed by atoms with E-state index in [1.165, 1.54) is 5.69 Å². The minimum absolute atomic E-state index is 0.322. The largest absolute Gasteiger partial charge is 0.497 e. The van der Waals surface area contributed by atoms with Crippen molar-refractivity contribution in [2.75, 3.05) is 35.3 Å². The van der Waals surface area contributed by atoms with Crippen molar-refractivity contribution >= 4 is 34.6 Å². The van der Waals surface area contributed by atoms with Crippen LogP contribution < -0.4 is 19.9 Å². The van der Waals surface area contributed by atoms with Crippen molar-refractivity contribution in [1.29, 1.82) is 0 Å². The van der Waals surface area contributed by atoms with Gasteiger partial charge in [-0.05, 0) is 74.5 Å². The zero-order valence-electron chi connectivity index (χ0n) is 20.7. The molecule has 1 aliphatic rings. The van der Waals surface area contributed by atoms with Gasteiger partial charge in [0.05, 0.1) is 7.11 Å². The summed E-state index contributed by atoms with van der Waals surface area (Å²) in [6.07, 6.45) is 0. The van der Waals surface area contributed by atoms with Crippen LogP contribution in [-0.2, 0) is 0 Å². The fourth-order valence-electron chi connectivity index (χ4n) is 4.83. The highest BCUT2D eigenvalue weighted by Gasteiger charge is 2.30. The first kappa shape index (κ1) is 23.9. The molecule has 0 amide bonds. The number of ether oxygens (including phenoxy) is 1. The molecule has 1 saturated heterocycles. The molecule has 2 unspecified atom stereocenters. The second-order valence-corrected chi connectivity index (χ2v) is 9.58. The minimum atomic E-state index is 0.322. The summed E-state index contributed by atoms with van der Waals surface area (Å²) in [6, 6.07) is 28.8. The highest BCUT2D eigenvalue weighted by atomic mass is 35.5. The van der Waals surface area contributed by atoms with Crippen LogP contribution in [0.3, 0.4) is 0 Å². The van der Waals surface area contributed by atoms with Crippen LogP contribution in [0.4, 0.5) is 23.0 Å². The molecule has 36 heavy (non-hydrogen) atoms. The SMILES string of the molecule is COc1ccc(Nc2cc(N3CC(C)N(c4ccccc4)C(C)C3)nc(-c3ccc(Cl)cc3)n2)cc1. The molecule has 3 aromatic carbocycles. The molecule has 1 N–H and O–H groups in total. The van der Waals surface area contributed by atoms with E-state index in [0.29, 0.717) is 22.9 Å². The number of nitrogens with zero attached hydrogens (tertiary/aromatic N) is 4. The third-order valence-corrected chi connectivity index (χ3v) is 6.73. The molecule has 4 aromatic rings. The molecule has 0 saturated carbocycles. The van der Waals surface area contributed by atoms with E-state index in [9.17, 15) is 0 Å². The van der Waals surface area contributed by atoms with Gasteiger partial charge in [-0.3, -0.25) is 0 Å². The predicted molar refractivity (Wildman–Crippen MR) is 149 cm³/mol. The third-order valence-electron chi connectivity index (χ3n) is 6.47. The number of nitrogens with one attached hydrogen (secondary N) is 1. The Balaban J connectivity index is 1.47. The highest BCUT2D eigenvalue weighted by molar-refractivity contribution is 6.30. The first-order valence-electron chi connectivity index (χ1n) is 12.1. The van der Waals surface area contributed by atoms with E-state index in [2.05, 4.69) is 59.3 Å². The Labute approximate surface area is 217 Å². The maximum absolute atomic E-state index is 6.14. The first-order valence-corrected chi connectivity index (χ1v) is 12.5. The summed E-state index contributed by atoms with van der Waals surface area (Å²) in [7, 11) is 1.66. The van der Waals surface area contributed by atoms with Gasteiger partial charge in [-0.1, -0.05) is 29.8 Å². The van der Waals surface area contributed by atoms with Crippen LogP contribution in [0, 0.1) is 0 Å². The quantitative estimate of drug-likeness (QED) is 0.320. The molecule has 1 fully saturated rings. The van der Waals surface area contributed by atoms with E-state index < -0.39 is 0 Å². The normalized spacial score (nSPS) is 17.7. The average molecular weight is 500 g/mol. The van der Waals surface area contributed by atoms with Crippen LogP contribution in [0.25, 0.3) is 11.4 Å². The molecule has 7 heteroatoms. The van der Waals surface area contributed by atoms with Crippen molar-refractivity contribution in [3.05, 3.63) is 90.0 Å². The van der Waals surface area contributed by atoms with Crippen molar-refractivity contribution in [2.45, 2.75) is 25.9 Å². The van der Waals surface area contributed by atoms with Gasteiger partial charge < -0.3 is 19.9 Å². The second kappa shape index (κ2) is 10.5. The van der Waals surface area contributed by atoms with Crippen molar-refractivity contribution < 1.29 is 4.74 Å². The molecule has 0 spiro atoms. The van der Waals surface area contributed by atoms with Gasteiger partial charge >= 0.3 is 0 Å². The second-order valence-electron chi connectivity index (χ2n) is 9.14. The number of aromatic nitrogens is 2. The maximum Gasteiger partial charge on any atom is 0.163 e. The Morgan fingerprint density at radius 1 is 0.861 bits per heavy atom. The van der Waals surface area contributed by atoms with E-state index in [0.717, 1.165) is 41.7 Å². The van der Waals surface area contributed by atoms with Gasteiger partial charge in [0, 0.05) is 53.2 Å². The van der Waals surface area contributed by atoms with Crippen LogP contribution in [0.5, 0.6) is 5.75 Å². The van der Waals surface area contributed by atoms with Crippen LogP contribution in [-0.4, -0.2) is 42.3 Å². The first-order chi connectivity index (χ1) is 17.5. The molecule has 0 bridgehead atoms. The number of benzene rings is 3. The lowest BCUT2D eigenvalue weighted by Crippen LogP contribution is -2.57. The standard InChI is InChI=1S/C29H30ClN5O/c1-20-18-34(19-21(2)35(20)25-7-5-4-6-8-25)28-17-27(31-24-13-15-26(36-3)16-14-24)32-29(33-28)22-9-11-23(30)12-10-22/h4-17,20-21H,18-19H2,1-3H3,(H,31,32,33). The zero-order chi connectivity index (χ0) is 25.1. The number of rotatable bonds is 6. The lowest BCUT2D eigenvalue weighted by Gasteiger charge is -2.46. The third kappa shape index (κ3) is 5.24. The summed E-state index contributed by atoms with van der Waals surface area (Å²) in [5, 5.41) is 4.13. The molecule has 6 nitrogen and oxygen atoms in total. The summed E-state index contributed by atoms with van der Waals surface area (Å²) in [4.78, 5) is 14.7. The van der Waals surface area contributed by atoms with Crippen LogP contribution in [0.1, 0.15) is 13.8 Å². The molecule has 1 aliphatic heterocycles. The number of halogens is 1. The lowest BCUT2D eigenvalue weighted by atomic mass is 10.1. The molecule has 1 aromatic heterocycles. The van der Waals surface area contributed by atoms with E-state index in [-0.39, 0.29) is 0 Å². The van der Waals surface area contributed by atoms with Crippen molar-refractivity contribution in [3.63, 3.8) is 0 Å². The van der Waals surface area contributed by atoms with E-state index in [4.69, 9.17) is 26.3 Å². The zero-order valence-corrected chi connectivity index (χ0v) is 21.5. The molecular formula is C29H30ClN5O. The van der Waals surface area contributed by atoms with E-state index in [1.807, 2.05) is 54.6 Å². The van der Waals surface area contributed by atoms with Crippen molar-refractivity contribution in [1.82, 2.24) is 9.97 Å². The molecular weight excluding hydrogens is 470 g/mol. The van der Waals surface area contributed by atoms with Gasteiger partial charge in [0.1, 0.15) is 17.4 Å². The number of methoxy groups -OCH3 is 1. The Kier molecular flexibility index (Phi) is 6.96. The van der Waals surface area contributed by atoms with Gasteiger partial charge in [-0.2, -0.15) is 0 Å². The minimum Gasteiger partial charge on any atom is -0.497 e. The van der Waals surface area contributed by atoms with Crippen LogP contribution >= 0.6 is 11.6 Å². The van der Waals surface area contributed by atoms with Gasteiger partial charge in [0.15, 0.2) is 5.82 Å². The molecule has 2 heterocycles. The summed E-state index contributed by atoms with van der Waals surface area (Å²) >= 11 is 6.14. The number of hydrogen-bond acceptors (Lipinski definition) is 6. The Hall–Kier alpha value is -3.77. The molecule has 0 aliphatic carbocycles. The molecule has 184 valence electrons. The molecule has 0 radical (unpaired) electrons. The Morgan fingerprint density at radius 3 is 2.17 bits per heavy atom. The predicted octanol–water partition coefficient (Wildman–Crippen LogP) is 6.65. The van der Waals surface area contributed by atoms with E-state index >= 15 is 0 Å². The number of para-hydroxylation sites is 1. The monoisotopic (exact) mass is 499 g/mol. The van der Waals surface area contributed by atoms with Crippen molar-refractivity contribution in [3.8, 4) is 17.1 Å². The van der Waals surface area contributed by atoms with Gasteiger partial charge in [0.2, 0.25) is 0 Å². The smallest absolute Gasteiger partial charge is 0.163 e. The van der Waals surface area contributed by atoms with Crippen LogP contribution in [0.15, 0.2) is 84.9 Å². The van der Waals surface area contributed by atoms with Gasteiger partial charge in [-0.15, -0.1) is 0 Å². The molecule has 2 atom stereocenters. The van der Waals surface area contributed by atoms with Crippen molar-refractivity contribution in [2.24, 2.45) is 0 Å². The maximum atomic E-state index is 6.14. The number of piperazine rings is 1. The van der Waals surface area contributed by atoms with Gasteiger partial charge in [0.25, 0.3) is 0 Å². The summed E-state index contributed by atoms with van der Waals surface area (Å²) < 4.78 is 5.29. The number of hydrogen-bond donors (Lipinski definition) is 1. The van der Waals surface area contributed by atoms with E-state index in [1.54, 1.807) is 7.11 Å². The van der Waals surface area contributed by atoms with Gasteiger partial charge in [-0.25, -0.2) is 9.97 Å². The lowest BCUT2D eigenvalue weighted by molar-refractivity contribution is 0.415. The Bertz CT molecular complexity index is 1290. The number of anilines is 4. The summed E-state index contributed by atoms with van der Waals surface area (Å²) in [6.45, 7) is 6.26. The molecule has 5 rings (SSSR count). The Morgan fingerprint density at radius 2 is 1.53 bits per heavy atom. The highest BCUT2D eigenvalue weighted by Crippen LogP contribution is 2.30. The fourth-order valence-corrected chi connectivity index (χ4v) is 4.96. The average Bonchev–Trinajstić information content (AvgIpc) is 2.89. The van der Waals surface area contributed by atoms with Crippen LogP contribution in [0.2, 0.25) is 5.02 Å². The fraction of sp³-hybridized carbons (Fsp3) is 0.241.